The highest BCUT2D eigenvalue weighted by Crippen LogP contribution is 2.61. The van der Waals surface area contributed by atoms with Crippen LogP contribution in [0.25, 0.3) is 11.1 Å². The zero-order chi connectivity index (χ0) is 36.7. The van der Waals surface area contributed by atoms with Gasteiger partial charge in [-0.3, -0.25) is 14.4 Å². The molecule has 1 aliphatic heterocycles. The summed E-state index contributed by atoms with van der Waals surface area (Å²) >= 11 is 0. The van der Waals surface area contributed by atoms with Crippen LogP contribution < -0.4 is 20.7 Å². The summed E-state index contributed by atoms with van der Waals surface area (Å²) < 4.78 is 12.2. The van der Waals surface area contributed by atoms with E-state index in [1.807, 2.05) is 46.1 Å². The number of ether oxygens (including phenoxy) is 2. The Hall–Kier alpha value is -3.60. The number of nitrogens with two attached hydrogens (primary N) is 1. The van der Waals surface area contributed by atoms with Crippen molar-refractivity contribution in [2.45, 2.75) is 91.8 Å². The van der Waals surface area contributed by atoms with Crippen LogP contribution in [0.15, 0.2) is 48.7 Å². The molecule has 0 unspecified atom stereocenters. The quantitative estimate of drug-likeness (QED) is 0.262. The van der Waals surface area contributed by atoms with Crippen LogP contribution in [0.2, 0.25) is 0 Å². The smallest absolute Gasteiger partial charge is 0.240 e. The van der Waals surface area contributed by atoms with Crippen LogP contribution >= 0.6 is 0 Å². The zero-order valence-electron chi connectivity index (χ0n) is 31.8. The largest absolute Gasteiger partial charge is 0.496 e. The van der Waals surface area contributed by atoms with Gasteiger partial charge in [-0.1, -0.05) is 45.5 Å². The number of rotatable bonds is 13. The molecule has 1 saturated heterocycles. The third-order valence-corrected chi connectivity index (χ3v) is 11.9. The van der Waals surface area contributed by atoms with Crippen molar-refractivity contribution >= 4 is 17.5 Å². The molecule has 274 valence electrons. The van der Waals surface area contributed by atoms with E-state index in [1.165, 1.54) is 6.42 Å². The molecule has 50 heavy (non-hydrogen) atoms. The van der Waals surface area contributed by atoms with Gasteiger partial charge in [0.1, 0.15) is 17.9 Å². The lowest BCUT2D eigenvalue weighted by atomic mass is 9.45. The molecule has 8 atom stereocenters. The fourth-order valence-corrected chi connectivity index (χ4v) is 8.82. The third-order valence-electron chi connectivity index (χ3n) is 11.9. The number of benzene rings is 2. The van der Waals surface area contributed by atoms with Crippen LogP contribution in [-0.4, -0.2) is 80.9 Å². The van der Waals surface area contributed by atoms with Crippen LogP contribution in [0.5, 0.6) is 5.75 Å². The fourth-order valence-electron chi connectivity index (χ4n) is 8.82. The highest BCUT2D eigenvalue weighted by Gasteiger charge is 2.57. The summed E-state index contributed by atoms with van der Waals surface area (Å²) in [4.78, 5) is 36.9. The lowest BCUT2D eigenvalue weighted by molar-refractivity contribution is -0.175. The van der Waals surface area contributed by atoms with Crippen LogP contribution in [0.3, 0.4) is 0 Å². The summed E-state index contributed by atoms with van der Waals surface area (Å²) in [6.45, 7) is 17.4. The minimum Gasteiger partial charge on any atom is -0.496 e. The monoisotopic (exact) mass is 689 g/mol. The van der Waals surface area contributed by atoms with Crippen molar-refractivity contribution in [1.82, 2.24) is 15.3 Å². The number of para-hydroxylation sites is 1. The molecule has 4 fully saturated rings. The average Bonchev–Trinajstić information content (AvgIpc) is 3.43. The van der Waals surface area contributed by atoms with Crippen LogP contribution in [0.1, 0.15) is 65.5 Å². The van der Waals surface area contributed by atoms with Crippen LogP contribution in [-0.2, 0) is 32.3 Å². The van der Waals surface area contributed by atoms with Gasteiger partial charge in [-0.15, -0.1) is 0 Å². The maximum Gasteiger partial charge on any atom is 0.240 e. The first-order chi connectivity index (χ1) is 23.6. The third kappa shape index (κ3) is 7.39. The van der Waals surface area contributed by atoms with Gasteiger partial charge in [-0.2, -0.15) is 5.06 Å². The molecule has 0 radical (unpaired) electrons. The van der Waals surface area contributed by atoms with Gasteiger partial charge < -0.3 is 30.3 Å². The molecule has 10 heteroatoms. The standard InChI is InChI=1S/C40H59N5O5/c1-23(2)49-25(4)36-35(20-41)50-45(37(36)39(47)42-34-19-30-18-33(24(34)3)40(30,6)7)22-28-13-12-14-32(38(28)48-11)29-15-27(21-44(10)26(5)46)16-31(17-29)43(8)9/h12-17,24-25,30,33-37H,1,18-22,41H2,2-11H3,(H,42,47)/t24-,25-,30+,33-,34-,35-,36+,37-/m0/s1. The van der Waals surface area contributed by atoms with E-state index < -0.39 is 12.1 Å². The van der Waals surface area contributed by atoms with E-state index in [-0.39, 0.29) is 36.4 Å². The van der Waals surface area contributed by atoms with Gasteiger partial charge in [0.25, 0.3) is 0 Å². The second-order valence-corrected chi connectivity index (χ2v) is 15.7. The van der Waals surface area contributed by atoms with Crippen molar-refractivity contribution in [1.29, 1.82) is 0 Å². The van der Waals surface area contributed by atoms with Crippen molar-refractivity contribution in [2.24, 2.45) is 34.8 Å². The molecule has 3 aliphatic carbocycles. The van der Waals surface area contributed by atoms with Gasteiger partial charge >= 0.3 is 0 Å². The Morgan fingerprint density at radius 1 is 1.16 bits per heavy atom. The molecule has 2 amide bonds. The van der Waals surface area contributed by atoms with Crippen molar-refractivity contribution in [3.63, 3.8) is 0 Å². The molecule has 3 saturated carbocycles. The van der Waals surface area contributed by atoms with Gasteiger partial charge in [0.2, 0.25) is 11.8 Å². The Balaban J connectivity index is 1.49. The number of amides is 2. The number of hydroxylamine groups is 2. The number of allylic oxidation sites excluding steroid dienone is 1. The van der Waals surface area contributed by atoms with E-state index in [2.05, 4.69) is 55.8 Å². The average molecular weight is 690 g/mol. The zero-order valence-corrected chi connectivity index (χ0v) is 31.8. The minimum absolute atomic E-state index is 0.00114. The molecule has 0 aromatic heterocycles. The van der Waals surface area contributed by atoms with Gasteiger partial charge in [0.15, 0.2) is 0 Å². The first-order valence-corrected chi connectivity index (χ1v) is 18.0. The van der Waals surface area contributed by atoms with E-state index >= 15 is 0 Å². The number of carbonyl (C=O) groups excluding carboxylic acids is 2. The summed E-state index contributed by atoms with van der Waals surface area (Å²) in [5.41, 5.74) is 11.4. The van der Waals surface area contributed by atoms with Gasteiger partial charge in [0, 0.05) is 64.0 Å². The van der Waals surface area contributed by atoms with E-state index in [0.717, 1.165) is 34.4 Å². The Labute approximate surface area is 299 Å². The van der Waals surface area contributed by atoms with Crippen molar-refractivity contribution in [3.8, 4) is 16.9 Å². The number of nitrogens with zero attached hydrogens (tertiary/aromatic N) is 3. The molecule has 2 aromatic rings. The van der Waals surface area contributed by atoms with Crippen molar-refractivity contribution < 1.29 is 23.9 Å². The molecular formula is C40H59N5O5. The summed E-state index contributed by atoms with van der Waals surface area (Å²) in [7, 11) is 7.48. The van der Waals surface area contributed by atoms with E-state index in [9.17, 15) is 9.59 Å². The molecule has 3 N–H and O–H groups in total. The van der Waals surface area contributed by atoms with Crippen molar-refractivity contribution in [3.05, 3.63) is 59.9 Å². The Kier molecular flexibility index (Phi) is 11.2. The molecule has 2 aromatic carbocycles. The number of anilines is 1. The molecule has 2 bridgehead atoms. The number of methoxy groups -OCH3 is 1. The van der Waals surface area contributed by atoms with Gasteiger partial charge in [0.05, 0.1) is 31.4 Å². The number of carbonyl (C=O) groups is 2. The lowest BCUT2D eigenvalue weighted by Gasteiger charge is -2.62. The molecule has 0 spiro atoms. The summed E-state index contributed by atoms with van der Waals surface area (Å²) in [6.07, 6.45) is 1.44. The second kappa shape index (κ2) is 14.9. The minimum atomic E-state index is -0.643. The number of nitrogens with one attached hydrogen (secondary N) is 1. The Morgan fingerprint density at radius 2 is 1.88 bits per heavy atom. The van der Waals surface area contributed by atoms with Gasteiger partial charge in [-0.25, -0.2) is 0 Å². The fraction of sp³-hybridized carbons (Fsp3) is 0.600. The maximum absolute atomic E-state index is 14.5. The SMILES string of the molecule is C=C(C)O[C@@H](C)[C@@H]1[C@H](CN)ON(Cc2cccc(-c3cc(CN(C)C(C)=O)cc(N(C)C)c3)c2OC)[C@@H]1C(=O)N[C@H]1C[C@H]2C[C@@H]([C@@H]1C)C2(C)C. The molecular weight excluding hydrogens is 630 g/mol. The normalized spacial score (nSPS) is 27.5. The lowest BCUT2D eigenvalue weighted by Crippen LogP contribution is -2.62. The van der Waals surface area contributed by atoms with E-state index in [4.69, 9.17) is 20.0 Å². The molecule has 1 heterocycles. The number of hydrogen-bond donors (Lipinski definition) is 2. The first kappa shape index (κ1) is 37.7. The number of fused-ring (bicyclic) bond motifs is 2. The predicted octanol–water partition coefficient (Wildman–Crippen LogP) is 5.59. The Bertz CT molecular complexity index is 1580. The summed E-state index contributed by atoms with van der Waals surface area (Å²) in [6, 6.07) is 11.8. The predicted molar refractivity (Wildman–Crippen MR) is 198 cm³/mol. The highest BCUT2D eigenvalue weighted by molar-refractivity contribution is 5.83. The number of hydrogen-bond acceptors (Lipinski definition) is 8. The molecule has 10 nitrogen and oxygen atoms in total. The Morgan fingerprint density at radius 3 is 2.46 bits per heavy atom. The first-order valence-electron chi connectivity index (χ1n) is 18.0. The molecule has 4 aliphatic rings. The maximum atomic E-state index is 14.5. The second-order valence-electron chi connectivity index (χ2n) is 15.7. The van der Waals surface area contributed by atoms with Crippen molar-refractivity contribution in [2.75, 3.05) is 39.7 Å². The van der Waals surface area contributed by atoms with Gasteiger partial charge in [-0.05, 0) is 79.2 Å². The van der Waals surface area contributed by atoms with E-state index in [0.29, 0.717) is 47.8 Å². The van der Waals surface area contributed by atoms with Crippen LogP contribution in [0.4, 0.5) is 5.69 Å². The summed E-state index contributed by atoms with van der Waals surface area (Å²) in [5, 5.41) is 5.27. The van der Waals surface area contributed by atoms with Crippen LogP contribution in [0, 0.1) is 29.1 Å². The summed E-state index contributed by atoms with van der Waals surface area (Å²) in [5.74, 6) is 2.49. The van der Waals surface area contributed by atoms with E-state index in [1.54, 1.807) is 31.0 Å². The molecule has 6 rings (SSSR count). The highest BCUT2D eigenvalue weighted by atomic mass is 16.7. The topological polar surface area (TPSA) is 110 Å².